The molecule has 0 radical (unpaired) electrons. The van der Waals surface area contributed by atoms with Gasteiger partial charge >= 0.3 is 6.03 Å². The molecule has 3 heterocycles. The molecule has 2 atom stereocenters. The van der Waals surface area contributed by atoms with Gasteiger partial charge in [0.2, 0.25) is 0 Å². The number of Topliss-reactive ketones (excluding diaryl/α,β-unsaturated/α-hetero) is 1. The summed E-state index contributed by atoms with van der Waals surface area (Å²) in [4.78, 5) is 28.5. The Balaban J connectivity index is 1.18. The fraction of sp³-hybridized carbons (Fsp3) is 0.440. The zero-order valence-electron chi connectivity index (χ0n) is 17.4. The lowest BCUT2D eigenvalue weighted by Crippen LogP contribution is -2.58. The first-order chi connectivity index (χ1) is 14.6. The Morgan fingerprint density at radius 1 is 1.00 bits per heavy atom. The number of piperidine rings is 1. The number of hydrogen-bond donors (Lipinski definition) is 0. The molecule has 156 valence electrons. The Bertz CT molecular complexity index is 949. The van der Waals surface area contributed by atoms with E-state index in [0.717, 1.165) is 26.1 Å². The van der Waals surface area contributed by atoms with Gasteiger partial charge in [0.05, 0.1) is 6.10 Å². The second kappa shape index (κ2) is 7.88. The van der Waals surface area contributed by atoms with Gasteiger partial charge in [-0.3, -0.25) is 4.79 Å². The van der Waals surface area contributed by atoms with E-state index in [1.165, 1.54) is 22.3 Å². The van der Waals surface area contributed by atoms with Crippen LogP contribution in [0.25, 0.3) is 11.1 Å². The average molecular weight is 405 g/mol. The number of fused-ring (bicyclic) bond motifs is 1. The Morgan fingerprint density at radius 3 is 2.53 bits per heavy atom. The van der Waals surface area contributed by atoms with E-state index in [4.69, 9.17) is 4.74 Å². The van der Waals surface area contributed by atoms with E-state index in [0.29, 0.717) is 18.9 Å². The largest absolute Gasteiger partial charge is 0.370 e. The SMILES string of the molecule is Cc1ccccc1-c1ccc(C2CN(C(=O)N3CC[C@@H]4OCC(=O)C[C@@H]4C3)C2)cc1. The number of carbonyl (C=O) groups is 2. The van der Waals surface area contributed by atoms with Crippen molar-refractivity contribution in [3.63, 3.8) is 0 Å². The highest BCUT2D eigenvalue weighted by molar-refractivity contribution is 5.81. The highest BCUT2D eigenvalue weighted by atomic mass is 16.5. The van der Waals surface area contributed by atoms with Crippen LogP contribution in [0.5, 0.6) is 0 Å². The highest BCUT2D eigenvalue weighted by Crippen LogP contribution is 2.32. The van der Waals surface area contributed by atoms with Crippen LogP contribution in [-0.2, 0) is 9.53 Å². The molecule has 3 aliphatic rings. The molecule has 0 aliphatic carbocycles. The Kier molecular flexibility index (Phi) is 5.07. The van der Waals surface area contributed by atoms with Crippen molar-refractivity contribution in [3.05, 3.63) is 59.7 Å². The van der Waals surface area contributed by atoms with Gasteiger partial charge in [0.25, 0.3) is 0 Å². The van der Waals surface area contributed by atoms with Crippen LogP contribution in [0.3, 0.4) is 0 Å². The number of aryl methyl sites for hydroxylation is 1. The third-order valence-corrected chi connectivity index (χ3v) is 6.87. The summed E-state index contributed by atoms with van der Waals surface area (Å²) in [7, 11) is 0. The summed E-state index contributed by atoms with van der Waals surface area (Å²) in [5, 5.41) is 0. The topological polar surface area (TPSA) is 49.9 Å². The molecular weight excluding hydrogens is 376 g/mol. The second-order valence-electron chi connectivity index (χ2n) is 8.91. The van der Waals surface area contributed by atoms with Gasteiger partial charge in [0.1, 0.15) is 6.61 Å². The van der Waals surface area contributed by atoms with Crippen molar-refractivity contribution >= 4 is 11.8 Å². The van der Waals surface area contributed by atoms with Crippen molar-refractivity contribution in [3.8, 4) is 11.1 Å². The number of benzene rings is 2. The standard InChI is InChI=1S/C25H28N2O3/c1-17-4-2-3-5-23(17)19-8-6-18(7-9-19)21-14-27(15-21)25(29)26-11-10-24-20(13-26)12-22(28)16-30-24/h2-9,20-21,24H,10-16H2,1H3/t20-,24+/m1/s1. The molecule has 2 amide bonds. The van der Waals surface area contributed by atoms with E-state index in [9.17, 15) is 9.59 Å². The lowest BCUT2D eigenvalue weighted by Gasteiger charge is -2.46. The predicted octanol–water partition coefficient (Wildman–Crippen LogP) is 3.86. The van der Waals surface area contributed by atoms with Gasteiger partial charge in [-0.1, -0.05) is 48.5 Å². The lowest BCUT2D eigenvalue weighted by molar-refractivity contribution is -0.140. The Hall–Kier alpha value is -2.66. The van der Waals surface area contributed by atoms with Crippen molar-refractivity contribution in [2.24, 2.45) is 5.92 Å². The number of hydrogen-bond acceptors (Lipinski definition) is 3. The van der Waals surface area contributed by atoms with Crippen LogP contribution < -0.4 is 0 Å². The number of carbonyl (C=O) groups excluding carboxylic acids is 2. The number of nitrogens with zero attached hydrogens (tertiary/aromatic N) is 2. The van der Waals surface area contributed by atoms with Crippen LogP contribution in [-0.4, -0.2) is 60.5 Å². The van der Waals surface area contributed by atoms with Gasteiger partial charge in [-0.05, 0) is 35.6 Å². The average Bonchev–Trinajstić information content (AvgIpc) is 2.73. The minimum Gasteiger partial charge on any atom is -0.370 e. The molecule has 0 aromatic heterocycles. The minimum absolute atomic E-state index is 0.110. The monoisotopic (exact) mass is 404 g/mol. The molecule has 5 nitrogen and oxygen atoms in total. The number of urea groups is 1. The number of amides is 2. The van der Waals surface area contributed by atoms with Crippen LogP contribution in [0.15, 0.2) is 48.5 Å². The third-order valence-electron chi connectivity index (χ3n) is 6.87. The summed E-state index contributed by atoms with van der Waals surface area (Å²) in [5.41, 5.74) is 5.07. The Labute approximate surface area is 177 Å². The van der Waals surface area contributed by atoms with Crippen molar-refractivity contribution in [2.45, 2.75) is 31.8 Å². The summed E-state index contributed by atoms with van der Waals surface area (Å²) in [6.07, 6.45) is 1.52. The molecule has 0 spiro atoms. The molecule has 3 saturated heterocycles. The van der Waals surface area contributed by atoms with E-state index in [2.05, 4.69) is 55.5 Å². The molecule has 5 rings (SSSR count). The molecule has 0 saturated carbocycles. The summed E-state index contributed by atoms with van der Waals surface area (Å²) in [6.45, 7) is 5.27. The molecule has 0 N–H and O–H groups in total. The van der Waals surface area contributed by atoms with E-state index in [1.54, 1.807) is 0 Å². The fourth-order valence-corrected chi connectivity index (χ4v) is 5.03. The maximum absolute atomic E-state index is 12.9. The number of ether oxygens (including phenoxy) is 1. The Morgan fingerprint density at radius 2 is 1.77 bits per heavy atom. The molecule has 3 aliphatic heterocycles. The first-order valence-corrected chi connectivity index (χ1v) is 10.9. The third kappa shape index (κ3) is 3.63. The lowest BCUT2D eigenvalue weighted by atomic mass is 9.87. The summed E-state index contributed by atoms with van der Waals surface area (Å²) in [6, 6.07) is 17.3. The van der Waals surface area contributed by atoms with Crippen LogP contribution in [0.4, 0.5) is 4.79 Å². The summed E-state index contributed by atoms with van der Waals surface area (Å²) >= 11 is 0. The first-order valence-electron chi connectivity index (χ1n) is 10.9. The van der Waals surface area contributed by atoms with E-state index in [1.807, 2.05) is 9.80 Å². The van der Waals surface area contributed by atoms with Crippen LogP contribution in [0, 0.1) is 12.8 Å². The molecular formula is C25H28N2O3. The zero-order valence-corrected chi connectivity index (χ0v) is 17.4. The number of rotatable bonds is 2. The van der Waals surface area contributed by atoms with Gasteiger partial charge in [-0.25, -0.2) is 4.79 Å². The van der Waals surface area contributed by atoms with Crippen LogP contribution in [0.1, 0.15) is 29.9 Å². The van der Waals surface area contributed by atoms with Gasteiger partial charge in [0.15, 0.2) is 5.78 Å². The molecule has 3 fully saturated rings. The maximum atomic E-state index is 12.9. The predicted molar refractivity (Wildman–Crippen MR) is 115 cm³/mol. The molecule has 0 bridgehead atoms. The van der Waals surface area contributed by atoms with E-state index in [-0.39, 0.29) is 30.4 Å². The van der Waals surface area contributed by atoms with Crippen molar-refractivity contribution in [1.29, 1.82) is 0 Å². The molecule has 30 heavy (non-hydrogen) atoms. The normalized spacial score (nSPS) is 24.4. The van der Waals surface area contributed by atoms with E-state index < -0.39 is 0 Å². The quantitative estimate of drug-likeness (QED) is 0.764. The minimum atomic E-state index is 0.110. The van der Waals surface area contributed by atoms with Gasteiger partial charge < -0.3 is 14.5 Å². The van der Waals surface area contributed by atoms with Crippen molar-refractivity contribution < 1.29 is 14.3 Å². The molecule has 0 unspecified atom stereocenters. The molecule has 2 aromatic rings. The second-order valence-corrected chi connectivity index (χ2v) is 8.91. The summed E-state index contributed by atoms with van der Waals surface area (Å²) in [5.74, 6) is 0.718. The van der Waals surface area contributed by atoms with Gasteiger partial charge in [-0.15, -0.1) is 0 Å². The zero-order chi connectivity index (χ0) is 20.7. The first kappa shape index (κ1) is 19.3. The van der Waals surface area contributed by atoms with E-state index >= 15 is 0 Å². The van der Waals surface area contributed by atoms with Crippen molar-refractivity contribution in [1.82, 2.24) is 9.80 Å². The fourth-order valence-electron chi connectivity index (χ4n) is 5.03. The highest BCUT2D eigenvalue weighted by Gasteiger charge is 2.40. The molecule has 2 aromatic carbocycles. The van der Waals surface area contributed by atoms with Gasteiger partial charge in [-0.2, -0.15) is 0 Å². The number of ketones is 1. The molecule has 5 heteroatoms. The number of likely N-dealkylation sites (tertiary alicyclic amines) is 2. The summed E-state index contributed by atoms with van der Waals surface area (Å²) < 4.78 is 5.65. The van der Waals surface area contributed by atoms with Crippen LogP contribution >= 0.6 is 0 Å². The van der Waals surface area contributed by atoms with Crippen molar-refractivity contribution in [2.75, 3.05) is 32.8 Å². The van der Waals surface area contributed by atoms with Gasteiger partial charge in [0, 0.05) is 44.4 Å². The maximum Gasteiger partial charge on any atom is 0.320 e. The smallest absolute Gasteiger partial charge is 0.320 e. The van der Waals surface area contributed by atoms with Crippen LogP contribution in [0.2, 0.25) is 0 Å².